The van der Waals surface area contributed by atoms with Crippen molar-refractivity contribution in [3.8, 4) is 0 Å². The molecule has 218 valence electrons. The minimum absolute atomic E-state index is 0.112. The molecule has 5 heteroatoms. The van der Waals surface area contributed by atoms with Crippen molar-refractivity contribution < 1.29 is 4.42 Å². The van der Waals surface area contributed by atoms with Crippen LogP contribution in [0.3, 0.4) is 0 Å². The van der Waals surface area contributed by atoms with E-state index >= 15 is 0 Å². The van der Waals surface area contributed by atoms with E-state index < -0.39 is 0 Å². The van der Waals surface area contributed by atoms with Crippen LogP contribution in [0, 0.1) is 0 Å². The summed E-state index contributed by atoms with van der Waals surface area (Å²) in [6.07, 6.45) is 0. The van der Waals surface area contributed by atoms with Crippen molar-refractivity contribution >= 4 is 111 Å². The van der Waals surface area contributed by atoms with Crippen molar-refractivity contribution in [1.82, 2.24) is 0 Å². The second kappa shape index (κ2) is 9.38. The Morgan fingerprint density at radius 1 is 0.447 bits per heavy atom. The SMILES string of the molecule is c1ccc2c(c1)B1c3ccccc3N(c3cccc4c3sc3ccccc34)c3cccc(c31)N2c1ccc2oc3ccccc3c2c1. The standard InChI is InChI=1S/C42H25BN2OS/c1-7-21-38-27(11-1)30-25-26(23-24-39(30)46-38)44-33-16-5-3-14-31(33)43-32-15-4-6-17-34(32)45(36-19-10-18-35(44)41(36)43)37-20-9-13-29-28-12-2-8-22-40(28)47-42(29)37/h1-25H. The maximum absolute atomic E-state index is 6.23. The zero-order chi connectivity index (χ0) is 30.6. The molecule has 0 saturated carbocycles. The van der Waals surface area contributed by atoms with Gasteiger partial charge in [-0.05, 0) is 77.1 Å². The molecule has 3 nitrogen and oxygen atoms in total. The predicted molar refractivity (Wildman–Crippen MR) is 201 cm³/mol. The van der Waals surface area contributed by atoms with Gasteiger partial charge in [0.2, 0.25) is 0 Å². The average Bonchev–Trinajstić information content (AvgIpc) is 3.70. The number of thiophene rings is 1. The number of rotatable bonds is 2. The van der Waals surface area contributed by atoms with Gasteiger partial charge in [0, 0.05) is 54.7 Å². The minimum Gasteiger partial charge on any atom is -0.456 e. The third kappa shape index (κ3) is 3.41. The normalized spacial score (nSPS) is 13.4. The van der Waals surface area contributed by atoms with Crippen molar-refractivity contribution in [2.24, 2.45) is 0 Å². The summed E-state index contributed by atoms with van der Waals surface area (Å²) in [5.74, 6) is 0. The fraction of sp³-hybridized carbons (Fsp3) is 0. The van der Waals surface area contributed by atoms with Gasteiger partial charge in [-0.1, -0.05) is 91.0 Å². The summed E-state index contributed by atoms with van der Waals surface area (Å²) in [5, 5.41) is 4.89. The Morgan fingerprint density at radius 2 is 1.04 bits per heavy atom. The van der Waals surface area contributed by atoms with Crippen LogP contribution in [-0.2, 0) is 0 Å². The van der Waals surface area contributed by atoms with Gasteiger partial charge < -0.3 is 14.2 Å². The summed E-state index contributed by atoms with van der Waals surface area (Å²) in [6.45, 7) is 0.112. The lowest BCUT2D eigenvalue weighted by Crippen LogP contribution is -2.61. The van der Waals surface area contributed by atoms with Crippen LogP contribution >= 0.6 is 11.3 Å². The van der Waals surface area contributed by atoms with Crippen molar-refractivity contribution in [2.75, 3.05) is 9.80 Å². The Hall–Kier alpha value is -5.78. The van der Waals surface area contributed by atoms with Gasteiger partial charge in [0.15, 0.2) is 0 Å². The Balaban J connectivity index is 1.20. The topological polar surface area (TPSA) is 19.6 Å². The molecule has 47 heavy (non-hydrogen) atoms. The molecule has 0 atom stereocenters. The van der Waals surface area contributed by atoms with Crippen LogP contribution in [0.2, 0.25) is 0 Å². The summed E-state index contributed by atoms with van der Waals surface area (Å²) in [5.41, 5.74) is 13.0. The lowest BCUT2D eigenvalue weighted by molar-refractivity contribution is 0.669. The summed E-state index contributed by atoms with van der Waals surface area (Å²) in [6, 6.07) is 55.3. The molecule has 2 aliphatic heterocycles. The van der Waals surface area contributed by atoms with Crippen molar-refractivity contribution in [2.45, 2.75) is 0 Å². The van der Waals surface area contributed by atoms with Gasteiger partial charge in [0.05, 0.1) is 10.4 Å². The maximum Gasteiger partial charge on any atom is 0.252 e. The van der Waals surface area contributed by atoms with Gasteiger partial charge in [-0.2, -0.15) is 0 Å². The molecule has 0 N–H and O–H groups in total. The summed E-state index contributed by atoms with van der Waals surface area (Å²) < 4.78 is 8.86. The third-order valence-corrected chi connectivity index (χ3v) is 11.3. The molecule has 2 aromatic heterocycles. The average molecular weight is 617 g/mol. The number of para-hydroxylation sites is 3. The highest BCUT2D eigenvalue weighted by Gasteiger charge is 2.43. The first-order chi connectivity index (χ1) is 23.3. The number of hydrogen-bond donors (Lipinski definition) is 0. The number of nitrogens with zero attached hydrogens (tertiary/aromatic N) is 2. The van der Waals surface area contributed by atoms with Crippen LogP contribution in [0.25, 0.3) is 42.1 Å². The lowest BCUT2D eigenvalue weighted by atomic mass is 9.33. The molecule has 0 unspecified atom stereocenters. The quantitative estimate of drug-likeness (QED) is 0.180. The molecule has 2 aliphatic rings. The third-order valence-electron chi connectivity index (χ3n) is 10.1. The molecular formula is C42H25BN2OS. The van der Waals surface area contributed by atoms with E-state index in [-0.39, 0.29) is 6.71 Å². The Labute approximate surface area is 275 Å². The zero-order valence-electron chi connectivity index (χ0n) is 25.2. The van der Waals surface area contributed by atoms with Crippen LogP contribution in [-0.4, -0.2) is 6.71 Å². The molecule has 0 amide bonds. The highest BCUT2D eigenvalue weighted by atomic mass is 32.1. The number of hydrogen-bond acceptors (Lipinski definition) is 4. The van der Waals surface area contributed by atoms with E-state index in [9.17, 15) is 0 Å². The van der Waals surface area contributed by atoms with Crippen molar-refractivity contribution in [3.63, 3.8) is 0 Å². The van der Waals surface area contributed by atoms with Crippen LogP contribution in [0.15, 0.2) is 156 Å². The molecule has 0 spiro atoms. The van der Waals surface area contributed by atoms with Gasteiger partial charge >= 0.3 is 0 Å². The Bertz CT molecular complexity index is 2740. The largest absolute Gasteiger partial charge is 0.456 e. The molecule has 0 radical (unpaired) electrons. The van der Waals surface area contributed by atoms with Gasteiger partial charge in [-0.15, -0.1) is 11.3 Å². The smallest absolute Gasteiger partial charge is 0.252 e. The lowest BCUT2D eigenvalue weighted by Gasteiger charge is -2.44. The molecule has 7 aromatic carbocycles. The highest BCUT2D eigenvalue weighted by molar-refractivity contribution is 7.26. The van der Waals surface area contributed by atoms with Crippen LogP contribution in [0.5, 0.6) is 0 Å². The summed E-state index contributed by atoms with van der Waals surface area (Å²) in [7, 11) is 0. The second-order valence-electron chi connectivity index (χ2n) is 12.5. The van der Waals surface area contributed by atoms with Gasteiger partial charge in [0.25, 0.3) is 6.71 Å². The zero-order valence-corrected chi connectivity index (χ0v) is 26.0. The first kappa shape index (κ1) is 25.4. The molecular weight excluding hydrogens is 591 g/mol. The first-order valence-electron chi connectivity index (χ1n) is 16.1. The predicted octanol–water partition coefficient (Wildman–Crippen LogP) is 10.0. The van der Waals surface area contributed by atoms with E-state index in [1.165, 1.54) is 65.0 Å². The fourth-order valence-corrected chi connectivity index (χ4v) is 9.34. The fourth-order valence-electron chi connectivity index (χ4n) is 8.13. The molecule has 0 fully saturated rings. The highest BCUT2D eigenvalue weighted by Crippen LogP contribution is 2.48. The number of fused-ring (bicyclic) bond motifs is 10. The molecule has 11 rings (SSSR count). The molecule has 0 bridgehead atoms. The van der Waals surface area contributed by atoms with Gasteiger partial charge in [-0.3, -0.25) is 0 Å². The first-order valence-corrected chi connectivity index (χ1v) is 16.9. The summed E-state index contributed by atoms with van der Waals surface area (Å²) in [4.78, 5) is 4.97. The second-order valence-corrected chi connectivity index (χ2v) is 13.5. The van der Waals surface area contributed by atoms with E-state index in [0.717, 1.165) is 27.6 Å². The van der Waals surface area contributed by atoms with Crippen LogP contribution < -0.4 is 26.2 Å². The minimum atomic E-state index is 0.112. The van der Waals surface area contributed by atoms with E-state index in [1.54, 1.807) is 0 Å². The van der Waals surface area contributed by atoms with Gasteiger partial charge in [-0.25, -0.2) is 0 Å². The molecule has 0 saturated heterocycles. The monoisotopic (exact) mass is 616 g/mol. The summed E-state index contributed by atoms with van der Waals surface area (Å²) >= 11 is 1.88. The van der Waals surface area contributed by atoms with E-state index in [1.807, 2.05) is 23.5 Å². The molecule has 0 aliphatic carbocycles. The van der Waals surface area contributed by atoms with Crippen molar-refractivity contribution in [1.29, 1.82) is 0 Å². The maximum atomic E-state index is 6.23. The van der Waals surface area contributed by atoms with Crippen molar-refractivity contribution in [3.05, 3.63) is 152 Å². The Kier molecular flexibility index (Phi) is 5.07. The number of anilines is 6. The van der Waals surface area contributed by atoms with E-state index in [0.29, 0.717) is 0 Å². The number of furan rings is 1. The van der Waals surface area contributed by atoms with E-state index in [2.05, 4.69) is 149 Å². The van der Waals surface area contributed by atoms with Gasteiger partial charge in [0.1, 0.15) is 11.2 Å². The Morgan fingerprint density at radius 3 is 1.89 bits per heavy atom. The van der Waals surface area contributed by atoms with E-state index in [4.69, 9.17) is 4.42 Å². The molecule has 4 heterocycles. The van der Waals surface area contributed by atoms with Crippen LogP contribution in [0.1, 0.15) is 0 Å². The van der Waals surface area contributed by atoms with Crippen LogP contribution in [0.4, 0.5) is 34.1 Å². The molecule has 9 aromatic rings. The number of benzene rings is 7.